The normalized spacial score (nSPS) is 16.2. The largest absolute Gasteiger partial charge is 0.323 e. The molecular formula is C24H22FN5. The third-order valence-corrected chi connectivity index (χ3v) is 5.49. The van der Waals surface area contributed by atoms with Gasteiger partial charge in [0.05, 0.1) is 6.04 Å². The quantitative estimate of drug-likeness (QED) is 0.497. The summed E-state index contributed by atoms with van der Waals surface area (Å²) in [4.78, 5) is 7.13. The van der Waals surface area contributed by atoms with E-state index in [9.17, 15) is 4.39 Å². The summed E-state index contributed by atoms with van der Waals surface area (Å²) in [6, 6.07) is 25.3. The van der Waals surface area contributed by atoms with Gasteiger partial charge < -0.3 is 5.32 Å². The van der Waals surface area contributed by atoms with Gasteiger partial charge in [-0.25, -0.2) is 4.39 Å². The van der Waals surface area contributed by atoms with E-state index in [1.165, 1.54) is 28.8 Å². The Balaban J connectivity index is 1.41. The average Bonchev–Trinajstić information content (AvgIpc) is 3.24. The Labute approximate surface area is 174 Å². The predicted molar refractivity (Wildman–Crippen MR) is 115 cm³/mol. The van der Waals surface area contributed by atoms with E-state index >= 15 is 0 Å². The van der Waals surface area contributed by atoms with Gasteiger partial charge in [-0.2, -0.15) is 4.98 Å². The lowest BCUT2D eigenvalue weighted by molar-refractivity contribution is 0.156. The number of hydrogen-bond acceptors (Lipinski definition) is 4. The molecule has 0 amide bonds. The van der Waals surface area contributed by atoms with Gasteiger partial charge in [-0.3, -0.25) is 10.00 Å². The van der Waals surface area contributed by atoms with Crippen molar-refractivity contribution in [1.29, 1.82) is 0 Å². The second-order valence-corrected chi connectivity index (χ2v) is 7.56. The Kier molecular flexibility index (Phi) is 4.99. The maximum atomic E-state index is 13.1. The monoisotopic (exact) mass is 399 g/mol. The first-order valence-electron chi connectivity index (χ1n) is 10.0. The summed E-state index contributed by atoms with van der Waals surface area (Å²) in [5.41, 5.74) is 4.72. The lowest BCUT2D eigenvalue weighted by Crippen LogP contribution is -2.34. The molecule has 6 heteroatoms. The van der Waals surface area contributed by atoms with Crippen molar-refractivity contribution in [2.75, 3.05) is 5.32 Å². The zero-order chi connectivity index (χ0) is 20.3. The first-order valence-corrected chi connectivity index (χ1v) is 10.0. The van der Waals surface area contributed by atoms with Crippen LogP contribution in [0.3, 0.4) is 0 Å². The highest BCUT2D eigenvalue weighted by Crippen LogP contribution is 2.33. The van der Waals surface area contributed by atoms with Gasteiger partial charge in [0.1, 0.15) is 11.6 Å². The Morgan fingerprint density at radius 3 is 2.47 bits per heavy atom. The molecule has 1 aromatic heterocycles. The number of fused-ring (bicyclic) bond motifs is 1. The molecule has 2 heterocycles. The Morgan fingerprint density at radius 2 is 1.67 bits per heavy atom. The van der Waals surface area contributed by atoms with Crippen molar-refractivity contribution in [2.45, 2.75) is 25.6 Å². The van der Waals surface area contributed by atoms with Gasteiger partial charge >= 0.3 is 0 Å². The van der Waals surface area contributed by atoms with Gasteiger partial charge in [-0.15, -0.1) is 5.10 Å². The predicted octanol–water partition coefficient (Wildman–Crippen LogP) is 4.99. The lowest BCUT2D eigenvalue weighted by Gasteiger charge is -2.35. The highest BCUT2D eigenvalue weighted by atomic mass is 19.1. The van der Waals surface area contributed by atoms with Crippen LogP contribution in [0.25, 0.3) is 0 Å². The Hall–Kier alpha value is -3.51. The molecule has 2 N–H and O–H groups in total. The molecule has 0 bridgehead atoms. The van der Waals surface area contributed by atoms with Crippen LogP contribution in [0, 0.1) is 5.82 Å². The van der Waals surface area contributed by atoms with Gasteiger partial charge in [0.25, 0.3) is 0 Å². The minimum atomic E-state index is -0.270. The summed E-state index contributed by atoms with van der Waals surface area (Å²) in [5.74, 6) is 1.04. The molecule has 1 atom stereocenters. The SMILES string of the molecule is Fc1ccc(Nc2n[nH]c(C3Cc4ccccc4CN3Cc3ccccc3)n2)cc1. The van der Waals surface area contributed by atoms with Crippen molar-refractivity contribution < 1.29 is 4.39 Å². The molecule has 0 radical (unpaired) electrons. The molecule has 5 nitrogen and oxygen atoms in total. The molecule has 0 fully saturated rings. The Bertz CT molecular complexity index is 1120. The molecule has 3 aromatic carbocycles. The van der Waals surface area contributed by atoms with Crippen LogP contribution >= 0.6 is 0 Å². The molecular weight excluding hydrogens is 377 g/mol. The maximum Gasteiger partial charge on any atom is 0.246 e. The van der Waals surface area contributed by atoms with Gasteiger partial charge in [-0.05, 0) is 47.4 Å². The van der Waals surface area contributed by atoms with Crippen molar-refractivity contribution in [1.82, 2.24) is 20.1 Å². The van der Waals surface area contributed by atoms with E-state index in [0.29, 0.717) is 5.95 Å². The van der Waals surface area contributed by atoms with Crippen LogP contribution in [0.15, 0.2) is 78.9 Å². The summed E-state index contributed by atoms with van der Waals surface area (Å²) in [5, 5.41) is 10.6. The van der Waals surface area contributed by atoms with E-state index in [1.807, 2.05) is 6.07 Å². The fourth-order valence-corrected chi connectivity index (χ4v) is 3.97. The number of nitrogens with one attached hydrogen (secondary N) is 2. The van der Waals surface area contributed by atoms with E-state index in [1.54, 1.807) is 12.1 Å². The molecule has 0 aliphatic carbocycles. The van der Waals surface area contributed by atoms with E-state index in [-0.39, 0.29) is 11.9 Å². The Morgan fingerprint density at radius 1 is 0.933 bits per heavy atom. The first-order chi connectivity index (χ1) is 14.7. The van der Waals surface area contributed by atoms with Crippen LogP contribution in [0.2, 0.25) is 0 Å². The summed E-state index contributed by atoms with van der Waals surface area (Å²) >= 11 is 0. The maximum absolute atomic E-state index is 13.1. The standard InChI is InChI=1S/C24H22FN5/c25-20-10-12-21(13-11-20)26-24-27-23(28-29-24)22-14-18-8-4-5-9-19(18)16-30(22)15-17-6-2-1-3-7-17/h1-13,22H,14-16H2,(H2,26,27,28,29). The minimum absolute atomic E-state index is 0.0939. The van der Waals surface area contributed by atoms with Crippen LogP contribution in [0.1, 0.15) is 28.6 Å². The van der Waals surface area contributed by atoms with Crippen molar-refractivity contribution in [2.24, 2.45) is 0 Å². The highest BCUT2D eigenvalue weighted by Gasteiger charge is 2.29. The topological polar surface area (TPSA) is 56.8 Å². The van der Waals surface area contributed by atoms with Crippen molar-refractivity contribution in [3.8, 4) is 0 Å². The second kappa shape index (κ2) is 8.08. The average molecular weight is 399 g/mol. The number of H-pyrrole nitrogens is 1. The third kappa shape index (κ3) is 3.95. The lowest BCUT2D eigenvalue weighted by atomic mass is 9.93. The molecule has 1 aliphatic rings. The number of rotatable bonds is 5. The number of nitrogens with zero attached hydrogens (tertiary/aromatic N) is 3. The smallest absolute Gasteiger partial charge is 0.246 e. The molecule has 5 rings (SSSR count). The van der Waals surface area contributed by atoms with E-state index in [0.717, 1.165) is 31.0 Å². The number of hydrogen-bond donors (Lipinski definition) is 2. The summed E-state index contributed by atoms with van der Waals surface area (Å²) < 4.78 is 13.1. The van der Waals surface area contributed by atoms with Gasteiger partial charge in [-0.1, -0.05) is 54.6 Å². The van der Waals surface area contributed by atoms with Crippen molar-refractivity contribution in [3.63, 3.8) is 0 Å². The van der Waals surface area contributed by atoms with E-state index in [2.05, 4.69) is 68.9 Å². The summed E-state index contributed by atoms with van der Waals surface area (Å²) in [6.45, 7) is 1.69. The van der Waals surface area contributed by atoms with Crippen LogP contribution in [0.4, 0.5) is 16.0 Å². The van der Waals surface area contributed by atoms with Crippen molar-refractivity contribution >= 4 is 11.6 Å². The molecule has 30 heavy (non-hydrogen) atoms. The minimum Gasteiger partial charge on any atom is -0.323 e. The number of halogens is 1. The molecule has 1 unspecified atom stereocenters. The molecule has 4 aromatic rings. The molecule has 0 spiro atoms. The van der Waals surface area contributed by atoms with Crippen molar-refractivity contribution in [3.05, 3.63) is 107 Å². The fourth-order valence-electron chi connectivity index (χ4n) is 3.97. The fraction of sp³-hybridized carbons (Fsp3) is 0.167. The van der Waals surface area contributed by atoms with Crippen LogP contribution < -0.4 is 5.32 Å². The second-order valence-electron chi connectivity index (χ2n) is 7.56. The number of aromatic nitrogens is 3. The van der Waals surface area contributed by atoms with Gasteiger partial charge in [0.2, 0.25) is 5.95 Å². The van der Waals surface area contributed by atoms with Crippen LogP contribution in [0.5, 0.6) is 0 Å². The van der Waals surface area contributed by atoms with E-state index < -0.39 is 0 Å². The molecule has 150 valence electrons. The van der Waals surface area contributed by atoms with Crippen LogP contribution in [-0.2, 0) is 19.5 Å². The molecule has 0 saturated carbocycles. The number of anilines is 2. The third-order valence-electron chi connectivity index (χ3n) is 5.49. The van der Waals surface area contributed by atoms with Gasteiger partial charge in [0, 0.05) is 18.8 Å². The summed E-state index contributed by atoms with van der Waals surface area (Å²) in [6.07, 6.45) is 0.869. The first kappa shape index (κ1) is 18.5. The number of aromatic amines is 1. The molecule has 0 saturated heterocycles. The zero-order valence-corrected chi connectivity index (χ0v) is 16.4. The molecule has 1 aliphatic heterocycles. The zero-order valence-electron chi connectivity index (χ0n) is 16.4. The van der Waals surface area contributed by atoms with Crippen LogP contribution in [-0.4, -0.2) is 20.1 Å². The number of benzene rings is 3. The van der Waals surface area contributed by atoms with E-state index in [4.69, 9.17) is 4.98 Å². The summed E-state index contributed by atoms with van der Waals surface area (Å²) in [7, 11) is 0. The highest BCUT2D eigenvalue weighted by molar-refractivity contribution is 5.52. The van der Waals surface area contributed by atoms with Gasteiger partial charge in [0.15, 0.2) is 0 Å².